The first-order chi connectivity index (χ1) is 9.02. The molecule has 0 aliphatic rings. The number of methoxy groups -OCH3 is 1. The maximum absolute atomic E-state index is 10.4. The lowest BCUT2D eigenvalue weighted by Gasteiger charge is -2.16. The topological polar surface area (TPSA) is 29.5 Å². The van der Waals surface area contributed by atoms with Crippen molar-refractivity contribution in [1.82, 2.24) is 0 Å². The summed E-state index contributed by atoms with van der Waals surface area (Å²) in [5.74, 6) is 0.580. The van der Waals surface area contributed by atoms with Gasteiger partial charge in [-0.05, 0) is 51.8 Å². The van der Waals surface area contributed by atoms with E-state index in [9.17, 15) is 5.11 Å². The van der Waals surface area contributed by atoms with Gasteiger partial charge in [-0.3, -0.25) is 0 Å². The predicted molar refractivity (Wildman–Crippen MR) is 81.2 cm³/mol. The monoisotopic (exact) mass is 360 g/mol. The van der Waals surface area contributed by atoms with E-state index in [4.69, 9.17) is 27.9 Å². The number of rotatable bonds is 3. The van der Waals surface area contributed by atoms with Crippen LogP contribution in [0.4, 0.5) is 0 Å². The maximum atomic E-state index is 10.4. The van der Waals surface area contributed by atoms with Gasteiger partial charge in [0.1, 0.15) is 11.9 Å². The Labute approximate surface area is 130 Å². The second-order valence-electron chi connectivity index (χ2n) is 3.96. The molecule has 0 spiro atoms. The maximum Gasteiger partial charge on any atom is 0.125 e. The lowest BCUT2D eigenvalue weighted by atomic mass is 10.0. The number of benzene rings is 2. The number of halogens is 3. The second-order valence-corrected chi connectivity index (χ2v) is 5.66. The number of hydrogen-bond donors (Lipinski definition) is 1. The Balaban J connectivity index is 2.45. The zero-order valence-electron chi connectivity index (χ0n) is 10.0. The van der Waals surface area contributed by atoms with Crippen LogP contribution < -0.4 is 4.74 Å². The minimum atomic E-state index is -0.848. The average molecular weight is 362 g/mol. The van der Waals surface area contributed by atoms with Gasteiger partial charge in [-0.15, -0.1) is 0 Å². The first kappa shape index (κ1) is 14.7. The summed E-state index contributed by atoms with van der Waals surface area (Å²) in [6.07, 6.45) is -0.848. The highest BCUT2D eigenvalue weighted by Gasteiger charge is 2.16. The Hall–Kier alpha value is -0.740. The molecule has 1 atom stereocenters. The van der Waals surface area contributed by atoms with Gasteiger partial charge in [-0.2, -0.15) is 0 Å². The van der Waals surface area contributed by atoms with E-state index >= 15 is 0 Å². The summed E-state index contributed by atoms with van der Waals surface area (Å²) in [6.45, 7) is 0. The number of aliphatic hydroxyl groups is 1. The smallest absolute Gasteiger partial charge is 0.125 e. The third-order valence-electron chi connectivity index (χ3n) is 2.75. The minimum Gasteiger partial charge on any atom is -0.496 e. The molecule has 0 saturated heterocycles. The summed E-state index contributed by atoms with van der Waals surface area (Å²) in [7, 11) is 1.55. The molecule has 5 heteroatoms. The van der Waals surface area contributed by atoms with Crippen molar-refractivity contribution < 1.29 is 9.84 Å². The summed E-state index contributed by atoms with van der Waals surface area (Å²) in [5.41, 5.74) is 1.28. The molecule has 0 aliphatic carbocycles. The van der Waals surface area contributed by atoms with Crippen molar-refractivity contribution >= 4 is 39.1 Å². The van der Waals surface area contributed by atoms with Crippen LogP contribution in [0.1, 0.15) is 17.2 Å². The summed E-state index contributed by atoms with van der Waals surface area (Å²) in [6, 6.07) is 10.4. The molecule has 1 N–H and O–H groups in total. The van der Waals surface area contributed by atoms with Crippen molar-refractivity contribution in [2.24, 2.45) is 0 Å². The van der Waals surface area contributed by atoms with E-state index in [0.29, 0.717) is 26.9 Å². The Bertz CT molecular complexity index is 602. The van der Waals surface area contributed by atoms with Gasteiger partial charge in [0.25, 0.3) is 0 Å². The van der Waals surface area contributed by atoms with Crippen LogP contribution in [0.2, 0.25) is 10.0 Å². The highest BCUT2D eigenvalue weighted by Crippen LogP contribution is 2.34. The van der Waals surface area contributed by atoms with Crippen LogP contribution in [0.15, 0.2) is 40.9 Å². The van der Waals surface area contributed by atoms with Crippen LogP contribution in [0.25, 0.3) is 0 Å². The highest BCUT2D eigenvalue weighted by atomic mass is 79.9. The predicted octanol–water partition coefficient (Wildman–Crippen LogP) is 4.85. The molecule has 0 saturated carbocycles. The van der Waals surface area contributed by atoms with E-state index in [0.717, 1.165) is 4.47 Å². The molecule has 0 aromatic heterocycles. The zero-order chi connectivity index (χ0) is 14.0. The molecule has 0 radical (unpaired) electrons. The van der Waals surface area contributed by atoms with Crippen molar-refractivity contribution in [3.8, 4) is 5.75 Å². The van der Waals surface area contributed by atoms with E-state index in [1.54, 1.807) is 43.5 Å². The second kappa shape index (κ2) is 6.14. The van der Waals surface area contributed by atoms with E-state index in [1.165, 1.54) is 0 Å². The molecule has 0 fully saturated rings. The first-order valence-electron chi connectivity index (χ1n) is 5.49. The Morgan fingerprint density at radius 2 is 1.89 bits per heavy atom. The Morgan fingerprint density at radius 3 is 2.53 bits per heavy atom. The van der Waals surface area contributed by atoms with E-state index in [1.807, 2.05) is 0 Å². The lowest BCUT2D eigenvalue weighted by molar-refractivity contribution is 0.214. The fourth-order valence-corrected chi connectivity index (χ4v) is 2.40. The number of hydrogen-bond acceptors (Lipinski definition) is 2. The lowest BCUT2D eigenvalue weighted by Crippen LogP contribution is -2.02. The summed E-state index contributed by atoms with van der Waals surface area (Å²) >= 11 is 15.3. The Kier molecular flexibility index (Phi) is 4.74. The third kappa shape index (κ3) is 3.23. The van der Waals surface area contributed by atoms with Crippen LogP contribution in [0.5, 0.6) is 5.75 Å². The van der Waals surface area contributed by atoms with E-state index < -0.39 is 6.10 Å². The molecule has 2 aromatic rings. The van der Waals surface area contributed by atoms with Crippen LogP contribution in [0, 0.1) is 0 Å². The van der Waals surface area contributed by atoms with Gasteiger partial charge in [-0.25, -0.2) is 0 Å². The minimum absolute atomic E-state index is 0.539. The SMILES string of the molecule is COc1ccc(Cl)cc1C(O)c1ccc(Br)c(Cl)c1. The van der Waals surface area contributed by atoms with Crippen LogP contribution in [-0.4, -0.2) is 12.2 Å². The normalized spacial score (nSPS) is 12.3. The van der Waals surface area contributed by atoms with Crippen LogP contribution in [-0.2, 0) is 0 Å². The average Bonchev–Trinajstić information content (AvgIpc) is 2.41. The molecule has 0 amide bonds. The number of ether oxygens (including phenoxy) is 1. The molecule has 2 nitrogen and oxygen atoms in total. The molecule has 2 rings (SSSR count). The van der Waals surface area contributed by atoms with Gasteiger partial charge in [0.15, 0.2) is 0 Å². The zero-order valence-corrected chi connectivity index (χ0v) is 13.1. The Morgan fingerprint density at radius 1 is 1.16 bits per heavy atom. The first-order valence-corrected chi connectivity index (χ1v) is 7.04. The molecule has 19 heavy (non-hydrogen) atoms. The van der Waals surface area contributed by atoms with Crippen LogP contribution in [0.3, 0.4) is 0 Å². The fraction of sp³-hybridized carbons (Fsp3) is 0.143. The highest BCUT2D eigenvalue weighted by molar-refractivity contribution is 9.10. The van der Waals surface area contributed by atoms with Gasteiger partial charge in [0, 0.05) is 15.1 Å². The van der Waals surface area contributed by atoms with E-state index in [2.05, 4.69) is 15.9 Å². The van der Waals surface area contributed by atoms with Crippen molar-refractivity contribution in [3.05, 3.63) is 62.0 Å². The standard InChI is InChI=1S/C14H11BrCl2O2/c1-19-13-5-3-9(16)7-10(13)14(18)8-2-4-11(15)12(17)6-8/h2-7,14,18H,1H3. The molecule has 0 bridgehead atoms. The van der Waals surface area contributed by atoms with Gasteiger partial charge in [0.05, 0.1) is 12.1 Å². The van der Waals surface area contributed by atoms with Gasteiger partial charge < -0.3 is 9.84 Å². The van der Waals surface area contributed by atoms with Crippen molar-refractivity contribution in [2.75, 3.05) is 7.11 Å². The molecular weight excluding hydrogens is 351 g/mol. The van der Waals surface area contributed by atoms with Crippen molar-refractivity contribution in [2.45, 2.75) is 6.10 Å². The molecule has 0 aliphatic heterocycles. The molecule has 0 heterocycles. The summed E-state index contributed by atoms with van der Waals surface area (Å²) in [5, 5.41) is 11.5. The van der Waals surface area contributed by atoms with Gasteiger partial charge >= 0.3 is 0 Å². The quantitative estimate of drug-likeness (QED) is 0.846. The van der Waals surface area contributed by atoms with Gasteiger partial charge in [-0.1, -0.05) is 29.3 Å². The van der Waals surface area contributed by atoms with Gasteiger partial charge in [0.2, 0.25) is 0 Å². The van der Waals surface area contributed by atoms with Crippen LogP contribution >= 0.6 is 39.1 Å². The molecule has 1 unspecified atom stereocenters. The largest absolute Gasteiger partial charge is 0.496 e. The van der Waals surface area contributed by atoms with E-state index in [-0.39, 0.29) is 0 Å². The molecular formula is C14H11BrCl2O2. The molecule has 2 aromatic carbocycles. The summed E-state index contributed by atoms with van der Waals surface area (Å²) < 4.78 is 6.02. The molecule has 100 valence electrons. The van der Waals surface area contributed by atoms with Crippen molar-refractivity contribution in [3.63, 3.8) is 0 Å². The summed E-state index contributed by atoms with van der Waals surface area (Å²) in [4.78, 5) is 0. The van der Waals surface area contributed by atoms with Crippen molar-refractivity contribution in [1.29, 1.82) is 0 Å². The third-order valence-corrected chi connectivity index (χ3v) is 4.21. The number of aliphatic hydroxyl groups excluding tert-OH is 1. The fourth-order valence-electron chi connectivity index (χ4n) is 1.78.